The van der Waals surface area contributed by atoms with Gasteiger partial charge in [-0.15, -0.1) is 0 Å². The average Bonchev–Trinajstić information content (AvgIpc) is 3.06. The van der Waals surface area contributed by atoms with Gasteiger partial charge in [-0.1, -0.05) is 67.6 Å². The highest BCUT2D eigenvalue weighted by molar-refractivity contribution is 5.17. The molecule has 0 spiro atoms. The summed E-state index contributed by atoms with van der Waals surface area (Å²) >= 11 is 0. The molecule has 2 heteroatoms. The highest BCUT2D eigenvalue weighted by atomic mass is 16.6. The van der Waals surface area contributed by atoms with E-state index >= 15 is 0 Å². The van der Waals surface area contributed by atoms with Gasteiger partial charge in [0.05, 0.1) is 24.9 Å². The molecule has 0 amide bonds. The Bertz CT molecular complexity index is 567. The van der Waals surface area contributed by atoms with Gasteiger partial charge in [0.15, 0.2) is 0 Å². The summed E-state index contributed by atoms with van der Waals surface area (Å²) in [5.41, 5.74) is 2.26. The lowest BCUT2D eigenvalue weighted by Gasteiger charge is -2.14. The molecule has 0 aromatic heterocycles. The first-order valence-corrected chi connectivity index (χ1v) is 7.53. The van der Waals surface area contributed by atoms with Crippen molar-refractivity contribution in [3.8, 4) is 0 Å². The van der Waals surface area contributed by atoms with Gasteiger partial charge in [-0.3, -0.25) is 0 Å². The minimum atomic E-state index is -0.162. The van der Waals surface area contributed by atoms with Crippen molar-refractivity contribution in [3.63, 3.8) is 0 Å². The van der Waals surface area contributed by atoms with Crippen LogP contribution in [0.25, 0.3) is 0 Å². The summed E-state index contributed by atoms with van der Waals surface area (Å²) < 4.78 is 12.1. The van der Waals surface area contributed by atoms with Crippen molar-refractivity contribution in [2.45, 2.75) is 38.8 Å². The fourth-order valence-electron chi connectivity index (χ4n) is 2.75. The van der Waals surface area contributed by atoms with Crippen LogP contribution in [0.15, 0.2) is 60.7 Å². The van der Waals surface area contributed by atoms with Gasteiger partial charge >= 0.3 is 0 Å². The molecule has 1 aliphatic carbocycles. The van der Waals surface area contributed by atoms with Gasteiger partial charge in [0.25, 0.3) is 0 Å². The maximum Gasteiger partial charge on any atom is 0.0974 e. The topological polar surface area (TPSA) is 18.5 Å². The Hall–Kier alpha value is -1.64. The van der Waals surface area contributed by atoms with E-state index in [-0.39, 0.29) is 11.7 Å². The molecule has 3 unspecified atom stereocenters. The third-order valence-electron chi connectivity index (χ3n) is 4.48. The van der Waals surface area contributed by atoms with Crippen LogP contribution in [0.5, 0.6) is 0 Å². The predicted octanol–water partition coefficient (Wildman–Crippen LogP) is 4.20. The van der Waals surface area contributed by atoms with E-state index in [9.17, 15) is 0 Å². The number of ether oxygens (including phenoxy) is 2. The van der Waals surface area contributed by atoms with Crippen LogP contribution < -0.4 is 0 Å². The maximum atomic E-state index is 6.11. The monoisotopic (exact) mass is 282 g/mol. The highest BCUT2D eigenvalue weighted by Crippen LogP contribution is 2.49. The van der Waals surface area contributed by atoms with Crippen molar-refractivity contribution >= 4 is 0 Å². The van der Waals surface area contributed by atoms with Gasteiger partial charge in [-0.2, -0.15) is 0 Å². The molecule has 0 saturated heterocycles. The van der Waals surface area contributed by atoms with E-state index in [0.29, 0.717) is 19.1 Å². The second kappa shape index (κ2) is 6.00. The summed E-state index contributed by atoms with van der Waals surface area (Å²) in [5.74, 6) is 0.435. The molecule has 0 N–H and O–H groups in total. The Morgan fingerprint density at radius 1 is 0.857 bits per heavy atom. The molecule has 0 bridgehead atoms. The summed E-state index contributed by atoms with van der Waals surface area (Å²) in [7, 11) is 0. The van der Waals surface area contributed by atoms with E-state index in [2.05, 4.69) is 38.1 Å². The second-order valence-electron chi connectivity index (χ2n) is 5.96. The van der Waals surface area contributed by atoms with E-state index in [1.54, 1.807) is 0 Å². The van der Waals surface area contributed by atoms with Crippen LogP contribution in [0.1, 0.15) is 25.0 Å². The second-order valence-corrected chi connectivity index (χ2v) is 5.96. The van der Waals surface area contributed by atoms with Crippen molar-refractivity contribution in [2.75, 3.05) is 0 Å². The number of hydrogen-bond acceptors (Lipinski definition) is 2. The Morgan fingerprint density at radius 2 is 1.38 bits per heavy atom. The fraction of sp³-hybridized carbons (Fsp3) is 0.368. The standard InChI is InChI=1S/C19H22O2/c1-15-18(20-13-16-9-5-3-6-10-16)19(15,2)21-14-17-11-7-4-8-12-17/h3-12,15,18H,13-14H2,1-2H3. The molecule has 2 aromatic carbocycles. The third kappa shape index (κ3) is 3.17. The van der Waals surface area contributed by atoms with E-state index < -0.39 is 0 Å². The molecular weight excluding hydrogens is 260 g/mol. The van der Waals surface area contributed by atoms with Crippen molar-refractivity contribution in [1.82, 2.24) is 0 Å². The van der Waals surface area contributed by atoms with Gasteiger partial charge in [0.1, 0.15) is 0 Å². The van der Waals surface area contributed by atoms with Crippen molar-refractivity contribution in [3.05, 3.63) is 71.8 Å². The minimum Gasteiger partial charge on any atom is -0.370 e. The zero-order chi connectivity index (χ0) is 14.7. The maximum absolute atomic E-state index is 6.11. The number of benzene rings is 2. The Kier molecular flexibility index (Phi) is 4.09. The zero-order valence-electron chi connectivity index (χ0n) is 12.7. The first kappa shape index (κ1) is 14.3. The average molecular weight is 282 g/mol. The molecule has 1 fully saturated rings. The van der Waals surface area contributed by atoms with Crippen LogP contribution in [0.3, 0.4) is 0 Å². The van der Waals surface area contributed by atoms with E-state index in [4.69, 9.17) is 9.47 Å². The zero-order valence-corrected chi connectivity index (χ0v) is 12.7. The molecule has 1 aliphatic rings. The Balaban J connectivity index is 1.52. The van der Waals surface area contributed by atoms with E-state index in [0.717, 1.165) is 0 Å². The van der Waals surface area contributed by atoms with Crippen molar-refractivity contribution in [1.29, 1.82) is 0 Å². The molecule has 0 heterocycles. The molecule has 0 radical (unpaired) electrons. The summed E-state index contributed by atoms with van der Waals surface area (Å²) in [5, 5.41) is 0. The number of rotatable bonds is 6. The molecule has 2 nitrogen and oxygen atoms in total. The largest absolute Gasteiger partial charge is 0.370 e. The molecule has 0 aliphatic heterocycles. The summed E-state index contributed by atoms with van der Waals surface area (Å²) in [6.07, 6.45) is 0.182. The lowest BCUT2D eigenvalue weighted by atomic mass is 10.2. The molecular formula is C19H22O2. The van der Waals surface area contributed by atoms with Crippen molar-refractivity contribution in [2.24, 2.45) is 5.92 Å². The van der Waals surface area contributed by atoms with Crippen LogP contribution in [-0.2, 0) is 22.7 Å². The molecule has 21 heavy (non-hydrogen) atoms. The van der Waals surface area contributed by atoms with Gasteiger partial charge < -0.3 is 9.47 Å². The van der Waals surface area contributed by atoms with Gasteiger partial charge in [0.2, 0.25) is 0 Å². The molecule has 1 saturated carbocycles. The first-order valence-electron chi connectivity index (χ1n) is 7.53. The van der Waals surface area contributed by atoms with E-state index in [1.165, 1.54) is 11.1 Å². The van der Waals surface area contributed by atoms with Crippen LogP contribution in [0.4, 0.5) is 0 Å². The quantitative estimate of drug-likeness (QED) is 0.790. The van der Waals surface area contributed by atoms with Crippen LogP contribution in [0.2, 0.25) is 0 Å². The summed E-state index contributed by atoms with van der Waals surface area (Å²) in [6.45, 7) is 5.64. The van der Waals surface area contributed by atoms with Gasteiger partial charge in [-0.05, 0) is 18.1 Å². The lowest BCUT2D eigenvalue weighted by molar-refractivity contribution is -0.0262. The Labute approximate surface area is 126 Å². The van der Waals surface area contributed by atoms with E-state index in [1.807, 2.05) is 36.4 Å². The smallest absolute Gasteiger partial charge is 0.0974 e. The van der Waals surface area contributed by atoms with Crippen LogP contribution in [-0.4, -0.2) is 11.7 Å². The lowest BCUT2D eigenvalue weighted by Crippen LogP contribution is -2.17. The van der Waals surface area contributed by atoms with Gasteiger partial charge in [-0.25, -0.2) is 0 Å². The van der Waals surface area contributed by atoms with Crippen molar-refractivity contribution < 1.29 is 9.47 Å². The molecule has 3 atom stereocenters. The number of hydrogen-bond donors (Lipinski definition) is 0. The summed E-state index contributed by atoms with van der Waals surface area (Å²) in [6, 6.07) is 20.6. The van der Waals surface area contributed by atoms with Crippen LogP contribution in [0, 0.1) is 5.92 Å². The third-order valence-corrected chi connectivity index (χ3v) is 4.48. The Morgan fingerprint density at radius 3 is 1.95 bits per heavy atom. The minimum absolute atomic E-state index is 0.162. The highest BCUT2D eigenvalue weighted by Gasteiger charge is 2.61. The normalized spacial score (nSPS) is 27.5. The SMILES string of the molecule is CC1C(OCc2ccccc2)C1(C)OCc1ccccc1. The predicted molar refractivity (Wildman–Crippen MR) is 83.8 cm³/mol. The molecule has 110 valence electrons. The van der Waals surface area contributed by atoms with Gasteiger partial charge in [0, 0.05) is 5.92 Å². The summed E-state index contributed by atoms with van der Waals surface area (Å²) in [4.78, 5) is 0. The first-order chi connectivity index (χ1) is 10.2. The molecule has 3 rings (SSSR count). The fourth-order valence-corrected chi connectivity index (χ4v) is 2.75. The van der Waals surface area contributed by atoms with Crippen LogP contribution >= 0.6 is 0 Å². The molecule has 2 aromatic rings.